The fourth-order valence-electron chi connectivity index (χ4n) is 2.30. The molecular formula is C15H21FN2O2. The van der Waals surface area contributed by atoms with Gasteiger partial charge in [0.15, 0.2) is 0 Å². The van der Waals surface area contributed by atoms with Gasteiger partial charge < -0.3 is 15.0 Å². The molecular weight excluding hydrogens is 259 g/mol. The molecule has 1 aliphatic rings. The molecule has 1 amide bonds. The summed E-state index contributed by atoms with van der Waals surface area (Å²) < 4.78 is 18.4. The molecule has 5 heteroatoms. The number of ether oxygens (including phenoxy) is 1. The van der Waals surface area contributed by atoms with Crippen LogP contribution >= 0.6 is 0 Å². The van der Waals surface area contributed by atoms with Crippen molar-refractivity contribution in [1.29, 1.82) is 0 Å². The van der Waals surface area contributed by atoms with E-state index < -0.39 is 0 Å². The van der Waals surface area contributed by atoms with E-state index in [1.54, 1.807) is 24.1 Å². The maximum Gasteiger partial charge on any atom is 0.239 e. The van der Waals surface area contributed by atoms with Gasteiger partial charge in [0.05, 0.1) is 12.6 Å². The molecule has 0 aromatic heterocycles. The SMILES string of the molecule is CN(CCOc1cccc(F)c1)C(=O)[C@H]1CCCCN1. The molecule has 0 bridgehead atoms. The van der Waals surface area contributed by atoms with E-state index in [1.807, 2.05) is 0 Å². The third-order valence-corrected chi connectivity index (χ3v) is 3.48. The molecule has 0 radical (unpaired) electrons. The van der Waals surface area contributed by atoms with Crippen molar-refractivity contribution in [2.45, 2.75) is 25.3 Å². The first-order chi connectivity index (χ1) is 9.66. The van der Waals surface area contributed by atoms with E-state index in [4.69, 9.17) is 4.74 Å². The van der Waals surface area contributed by atoms with E-state index in [-0.39, 0.29) is 17.8 Å². The van der Waals surface area contributed by atoms with E-state index in [0.29, 0.717) is 18.9 Å². The van der Waals surface area contributed by atoms with E-state index in [9.17, 15) is 9.18 Å². The fraction of sp³-hybridized carbons (Fsp3) is 0.533. The van der Waals surface area contributed by atoms with Crippen molar-refractivity contribution in [2.75, 3.05) is 26.7 Å². The molecule has 4 nitrogen and oxygen atoms in total. The van der Waals surface area contributed by atoms with E-state index in [1.165, 1.54) is 12.1 Å². The number of piperidine rings is 1. The Hall–Kier alpha value is -1.62. The molecule has 1 N–H and O–H groups in total. The van der Waals surface area contributed by atoms with Gasteiger partial charge >= 0.3 is 0 Å². The number of carbonyl (C=O) groups is 1. The number of carbonyl (C=O) groups excluding carboxylic acids is 1. The molecule has 0 saturated carbocycles. The summed E-state index contributed by atoms with van der Waals surface area (Å²) in [7, 11) is 1.77. The molecule has 110 valence electrons. The zero-order chi connectivity index (χ0) is 14.4. The summed E-state index contributed by atoms with van der Waals surface area (Å²) in [6.45, 7) is 1.76. The number of hydrogen-bond acceptors (Lipinski definition) is 3. The molecule has 20 heavy (non-hydrogen) atoms. The predicted octanol–water partition coefficient (Wildman–Crippen LogP) is 1.80. The maximum absolute atomic E-state index is 13.0. The number of likely N-dealkylation sites (N-methyl/N-ethyl adjacent to an activating group) is 1. The lowest BCUT2D eigenvalue weighted by Crippen LogP contribution is -2.48. The highest BCUT2D eigenvalue weighted by Crippen LogP contribution is 2.12. The van der Waals surface area contributed by atoms with Gasteiger partial charge in [-0.25, -0.2) is 4.39 Å². The summed E-state index contributed by atoms with van der Waals surface area (Å²) in [6.07, 6.45) is 3.13. The molecule has 0 aliphatic carbocycles. The van der Waals surface area contributed by atoms with Crippen molar-refractivity contribution in [3.63, 3.8) is 0 Å². The Morgan fingerprint density at radius 3 is 3.05 bits per heavy atom. The number of rotatable bonds is 5. The fourth-order valence-corrected chi connectivity index (χ4v) is 2.30. The first-order valence-corrected chi connectivity index (χ1v) is 7.03. The number of nitrogens with zero attached hydrogens (tertiary/aromatic N) is 1. The van der Waals surface area contributed by atoms with Crippen LogP contribution in [0, 0.1) is 5.82 Å². The quantitative estimate of drug-likeness (QED) is 0.894. The minimum Gasteiger partial charge on any atom is -0.492 e. The molecule has 1 saturated heterocycles. The second-order valence-electron chi connectivity index (χ2n) is 5.07. The predicted molar refractivity (Wildman–Crippen MR) is 75.2 cm³/mol. The summed E-state index contributed by atoms with van der Waals surface area (Å²) in [5.41, 5.74) is 0. The minimum atomic E-state index is -0.321. The minimum absolute atomic E-state index is 0.0667. The Bertz CT molecular complexity index is 447. The largest absolute Gasteiger partial charge is 0.492 e. The number of nitrogens with one attached hydrogen (secondary N) is 1. The lowest BCUT2D eigenvalue weighted by molar-refractivity contribution is -0.133. The second-order valence-corrected chi connectivity index (χ2v) is 5.07. The van der Waals surface area contributed by atoms with Crippen molar-refractivity contribution >= 4 is 5.91 Å². The maximum atomic E-state index is 13.0. The summed E-state index contributed by atoms with van der Waals surface area (Å²) in [4.78, 5) is 13.8. The molecule has 1 aromatic carbocycles. The molecule has 2 rings (SSSR count). The van der Waals surface area contributed by atoms with Crippen molar-refractivity contribution in [1.82, 2.24) is 10.2 Å². The number of amides is 1. The van der Waals surface area contributed by atoms with Gasteiger partial charge in [-0.05, 0) is 31.5 Å². The molecule has 0 spiro atoms. The van der Waals surface area contributed by atoms with Crippen LogP contribution in [0.3, 0.4) is 0 Å². The van der Waals surface area contributed by atoms with Crippen LogP contribution in [-0.4, -0.2) is 43.6 Å². The zero-order valence-corrected chi connectivity index (χ0v) is 11.8. The van der Waals surface area contributed by atoms with Crippen LogP contribution in [0.25, 0.3) is 0 Å². The molecule has 1 fully saturated rings. The Morgan fingerprint density at radius 2 is 2.35 bits per heavy atom. The van der Waals surface area contributed by atoms with Crippen molar-refractivity contribution < 1.29 is 13.9 Å². The van der Waals surface area contributed by atoms with Crippen LogP contribution in [-0.2, 0) is 4.79 Å². The van der Waals surface area contributed by atoms with Gasteiger partial charge in [-0.3, -0.25) is 4.79 Å². The monoisotopic (exact) mass is 280 g/mol. The van der Waals surface area contributed by atoms with E-state index in [0.717, 1.165) is 25.8 Å². The summed E-state index contributed by atoms with van der Waals surface area (Å²) >= 11 is 0. The third-order valence-electron chi connectivity index (χ3n) is 3.48. The molecule has 1 heterocycles. The molecule has 0 unspecified atom stereocenters. The third kappa shape index (κ3) is 4.20. The summed E-state index contributed by atoms with van der Waals surface area (Å²) in [5.74, 6) is 0.271. The normalized spacial score (nSPS) is 18.6. The molecule has 1 aliphatic heterocycles. The smallest absolute Gasteiger partial charge is 0.239 e. The highest BCUT2D eigenvalue weighted by atomic mass is 19.1. The van der Waals surface area contributed by atoms with Gasteiger partial charge in [0.1, 0.15) is 18.2 Å². The van der Waals surface area contributed by atoms with Crippen molar-refractivity contribution in [3.8, 4) is 5.75 Å². The first kappa shape index (κ1) is 14.8. The van der Waals surface area contributed by atoms with Crippen LogP contribution in [0.4, 0.5) is 4.39 Å². The first-order valence-electron chi connectivity index (χ1n) is 7.03. The summed E-state index contributed by atoms with van der Waals surface area (Å²) in [5, 5.41) is 3.23. The van der Waals surface area contributed by atoms with E-state index in [2.05, 4.69) is 5.32 Å². The van der Waals surface area contributed by atoms with Crippen LogP contribution in [0.2, 0.25) is 0 Å². The number of hydrogen-bond donors (Lipinski definition) is 1. The molecule has 1 aromatic rings. The standard InChI is InChI=1S/C15H21FN2O2/c1-18(15(19)14-7-2-3-8-17-14)9-10-20-13-6-4-5-12(16)11-13/h4-6,11,14,17H,2-3,7-10H2,1H3/t14-/m1/s1. The Labute approximate surface area is 118 Å². The van der Waals surface area contributed by atoms with Gasteiger partial charge in [-0.15, -0.1) is 0 Å². The van der Waals surface area contributed by atoms with Gasteiger partial charge in [0, 0.05) is 13.1 Å². The summed E-state index contributed by atoms with van der Waals surface area (Å²) in [6, 6.07) is 5.95. The Kier molecular flexibility index (Phi) is 5.35. The topological polar surface area (TPSA) is 41.6 Å². The highest BCUT2D eigenvalue weighted by molar-refractivity contribution is 5.81. The van der Waals surface area contributed by atoms with Gasteiger partial charge in [0.25, 0.3) is 0 Å². The zero-order valence-electron chi connectivity index (χ0n) is 11.8. The Balaban J connectivity index is 1.74. The second kappa shape index (κ2) is 7.24. The highest BCUT2D eigenvalue weighted by Gasteiger charge is 2.23. The van der Waals surface area contributed by atoms with Crippen LogP contribution in [0.5, 0.6) is 5.75 Å². The van der Waals surface area contributed by atoms with Gasteiger partial charge in [-0.2, -0.15) is 0 Å². The van der Waals surface area contributed by atoms with Gasteiger partial charge in [-0.1, -0.05) is 12.5 Å². The van der Waals surface area contributed by atoms with E-state index >= 15 is 0 Å². The lowest BCUT2D eigenvalue weighted by atomic mass is 10.0. The van der Waals surface area contributed by atoms with Gasteiger partial charge in [0.2, 0.25) is 5.91 Å². The average Bonchev–Trinajstić information content (AvgIpc) is 2.47. The van der Waals surface area contributed by atoms with Crippen LogP contribution in [0.15, 0.2) is 24.3 Å². The lowest BCUT2D eigenvalue weighted by Gasteiger charge is -2.27. The average molecular weight is 280 g/mol. The van der Waals surface area contributed by atoms with Crippen LogP contribution in [0.1, 0.15) is 19.3 Å². The van der Waals surface area contributed by atoms with Crippen LogP contribution < -0.4 is 10.1 Å². The van der Waals surface area contributed by atoms with Crippen molar-refractivity contribution in [2.24, 2.45) is 0 Å². The number of halogens is 1. The Morgan fingerprint density at radius 1 is 1.50 bits per heavy atom. The van der Waals surface area contributed by atoms with Crippen molar-refractivity contribution in [3.05, 3.63) is 30.1 Å². The number of benzene rings is 1. The molecule has 1 atom stereocenters.